The van der Waals surface area contributed by atoms with E-state index >= 15 is 0 Å². The van der Waals surface area contributed by atoms with Crippen LogP contribution in [0.3, 0.4) is 0 Å². The Bertz CT molecular complexity index is 731. The normalized spacial score (nSPS) is 11.5. The molecule has 128 valence electrons. The van der Waals surface area contributed by atoms with Crippen molar-refractivity contribution < 1.29 is 9.47 Å². The predicted octanol–water partition coefficient (Wildman–Crippen LogP) is 4.37. The molecule has 2 N–H and O–H groups in total. The largest absolute Gasteiger partial charge is 0.497 e. The first kappa shape index (κ1) is 18.1. The Balaban J connectivity index is 2.06. The van der Waals surface area contributed by atoms with Crippen molar-refractivity contribution in [1.82, 2.24) is 5.32 Å². The highest BCUT2D eigenvalue weighted by Gasteiger charge is 2.10. The maximum Gasteiger partial charge on any atom is 0.171 e. The van der Waals surface area contributed by atoms with Crippen molar-refractivity contribution in [3.63, 3.8) is 0 Å². The monoisotopic (exact) mass is 344 g/mol. The van der Waals surface area contributed by atoms with Crippen LogP contribution in [0.15, 0.2) is 36.4 Å². The first-order valence-corrected chi connectivity index (χ1v) is 8.22. The molecule has 1 atom stereocenters. The van der Waals surface area contributed by atoms with Crippen molar-refractivity contribution in [3.8, 4) is 11.5 Å². The van der Waals surface area contributed by atoms with E-state index in [1.165, 1.54) is 16.7 Å². The minimum atomic E-state index is 0.105. The second kappa shape index (κ2) is 8.02. The van der Waals surface area contributed by atoms with E-state index in [9.17, 15) is 0 Å². The number of anilines is 1. The van der Waals surface area contributed by atoms with Crippen LogP contribution in [0.2, 0.25) is 0 Å². The maximum atomic E-state index is 5.43. The van der Waals surface area contributed by atoms with Crippen molar-refractivity contribution in [2.45, 2.75) is 26.8 Å². The van der Waals surface area contributed by atoms with E-state index in [1.807, 2.05) is 18.2 Å². The van der Waals surface area contributed by atoms with Gasteiger partial charge < -0.3 is 20.1 Å². The van der Waals surface area contributed by atoms with Gasteiger partial charge in [-0.15, -0.1) is 0 Å². The van der Waals surface area contributed by atoms with E-state index in [0.717, 1.165) is 11.4 Å². The van der Waals surface area contributed by atoms with Crippen LogP contribution >= 0.6 is 12.2 Å². The molecule has 2 rings (SSSR count). The standard InChI is InChI=1S/C19H24N2O2S/c1-12-6-7-15(10-13(12)2)14(3)20-19(24)21-17-9-8-16(22-4)11-18(17)23-5/h6-11,14H,1-5H3,(H2,20,21,24)/t14-/m0/s1. The maximum absolute atomic E-state index is 5.43. The zero-order chi connectivity index (χ0) is 17.7. The molecule has 0 saturated heterocycles. The minimum Gasteiger partial charge on any atom is -0.497 e. The fraction of sp³-hybridized carbons (Fsp3) is 0.316. The lowest BCUT2D eigenvalue weighted by Gasteiger charge is -2.19. The van der Waals surface area contributed by atoms with Gasteiger partial charge in [-0.25, -0.2) is 0 Å². The van der Waals surface area contributed by atoms with Gasteiger partial charge in [0.1, 0.15) is 11.5 Å². The molecule has 0 radical (unpaired) electrons. The molecule has 0 spiro atoms. The molecule has 0 amide bonds. The molecule has 2 aromatic carbocycles. The number of hydrogen-bond acceptors (Lipinski definition) is 3. The fourth-order valence-electron chi connectivity index (χ4n) is 2.37. The number of hydrogen-bond donors (Lipinski definition) is 2. The van der Waals surface area contributed by atoms with Crippen molar-refractivity contribution in [1.29, 1.82) is 0 Å². The lowest BCUT2D eigenvalue weighted by molar-refractivity contribution is 0.395. The highest BCUT2D eigenvalue weighted by Crippen LogP contribution is 2.29. The first-order chi connectivity index (χ1) is 11.4. The van der Waals surface area contributed by atoms with Gasteiger partial charge in [0.15, 0.2) is 5.11 Å². The molecule has 0 unspecified atom stereocenters. The lowest BCUT2D eigenvalue weighted by atomic mass is 10.0. The first-order valence-electron chi connectivity index (χ1n) is 7.81. The molecule has 0 aliphatic carbocycles. The minimum absolute atomic E-state index is 0.105. The fourth-order valence-corrected chi connectivity index (χ4v) is 2.66. The third kappa shape index (κ3) is 4.38. The summed E-state index contributed by atoms with van der Waals surface area (Å²) >= 11 is 5.43. The van der Waals surface area contributed by atoms with Crippen LogP contribution in [0.1, 0.15) is 29.7 Å². The van der Waals surface area contributed by atoms with Gasteiger partial charge in [-0.3, -0.25) is 0 Å². The number of nitrogens with one attached hydrogen (secondary N) is 2. The Morgan fingerprint density at radius 1 is 1.00 bits per heavy atom. The lowest BCUT2D eigenvalue weighted by Crippen LogP contribution is -2.31. The van der Waals surface area contributed by atoms with Crippen molar-refractivity contribution in [3.05, 3.63) is 53.1 Å². The molecule has 4 nitrogen and oxygen atoms in total. The Morgan fingerprint density at radius 3 is 2.38 bits per heavy atom. The second-order valence-corrected chi connectivity index (χ2v) is 6.14. The number of thiocarbonyl (C=S) groups is 1. The van der Waals surface area contributed by atoms with E-state index in [1.54, 1.807) is 14.2 Å². The predicted molar refractivity (Wildman–Crippen MR) is 103 cm³/mol. The van der Waals surface area contributed by atoms with Crippen molar-refractivity contribution >= 4 is 23.0 Å². The Kier molecular flexibility index (Phi) is 6.04. The number of benzene rings is 2. The smallest absolute Gasteiger partial charge is 0.171 e. The van der Waals surface area contributed by atoms with Crippen LogP contribution in [0, 0.1) is 13.8 Å². The van der Waals surface area contributed by atoms with E-state index in [4.69, 9.17) is 21.7 Å². The molecule has 0 aliphatic heterocycles. The highest BCUT2D eigenvalue weighted by atomic mass is 32.1. The van der Waals surface area contributed by atoms with E-state index < -0.39 is 0 Å². The molecule has 5 heteroatoms. The van der Waals surface area contributed by atoms with Crippen LogP contribution in [0.4, 0.5) is 5.69 Å². The second-order valence-electron chi connectivity index (χ2n) is 5.73. The van der Waals surface area contributed by atoms with Gasteiger partial charge >= 0.3 is 0 Å². The number of methoxy groups -OCH3 is 2. The average Bonchev–Trinajstić information content (AvgIpc) is 2.57. The summed E-state index contributed by atoms with van der Waals surface area (Å²) in [7, 11) is 3.24. The van der Waals surface area contributed by atoms with Crippen LogP contribution in [0.25, 0.3) is 0 Å². The molecule has 0 fully saturated rings. The van der Waals surface area contributed by atoms with Gasteiger partial charge in [-0.05, 0) is 61.8 Å². The molecule has 0 aromatic heterocycles. The molecule has 0 saturated carbocycles. The van der Waals surface area contributed by atoms with Crippen LogP contribution < -0.4 is 20.1 Å². The van der Waals surface area contributed by atoms with Crippen LogP contribution in [-0.4, -0.2) is 19.3 Å². The molecule has 0 heterocycles. The van der Waals surface area contributed by atoms with Gasteiger partial charge in [0.05, 0.1) is 25.9 Å². The van der Waals surface area contributed by atoms with Gasteiger partial charge in [-0.2, -0.15) is 0 Å². The summed E-state index contributed by atoms with van der Waals surface area (Å²) in [5.41, 5.74) is 4.55. The summed E-state index contributed by atoms with van der Waals surface area (Å²) in [5, 5.41) is 7.03. The number of ether oxygens (including phenoxy) is 2. The van der Waals surface area contributed by atoms with Crippen LogP contribution in [-0.2, 0) is 0 Å². The Labute approximate surface area is 149 Å². The van der Waals surface area contributed by atoms with E-state index in [2.05, 4.69) is 49.6 Å². The van der Waals surface area contributed by atoms with Gasteiger partial charge in [0.2, 0.25) is 0 Å². The number of aryl methyl sites for hydroxylation is 2. The molecular weight excluding hydrogens is 320 g/mol. The quantitative estimate of drug-likeness (QED) is 0.789. The molecule has 0 aliphatic rings. The molecular formula is C19H24N2O2S. The number of rotatable bonds is 5. The third-order valence-electron chi connectivity index (χ3n) is 4.04. The van der Waals surface area contributed by atoms with Crippen LogP contribution in [0.5, 0.6) is 11.5 Å². The zero-order valence-corrected chi connectivity index (χ0v) is 15.6. The highest BCUT2D eigenvalue weighted by molar-refractivity contribution is 7.80. The summed E-state index contributed by atoms with van der Waals surface area (Å²) in [5.74, 6) is 1.41. The van der Waals surface area contributed by atoms with E-state index in [0.29, 0.717) is 10.9 Å². The molecule has 24 heavy (non-hydrogen) atoms. The van der Waals surface area contributed by atoms with Gasteiger partial charge in [-0.1, -0.05) is 18.2 Å². The summed E-state index contributed by atoms with van der Waals surface area (Å²) < 4.78 is 10.6. The molecule has 0 bridgehead atoms. The summed E-state index contributed by atoms with van der Waals surface area (Å²) in [6, 6.07) is 12.1. The van der Waals surface area contributed by atoms with E-state index in [-0.39, 0.29) is 6.04 Å². The average molecular weight is 344 g/mol. The molecule has 2 aromatic rings. The zero-order valence-electron chi connectivity index (χ0n) is 14.8. The van der Waals surface area contributed by atoms with Crippen molar-refractivity contribution in [2.75, 3.05) is 19.5 Å². The SMILES string of the molecule is COc1ccc(NC(=S)N[C@@H](C)c2ccc(C)c(C)c2)c(OC)c1. The van der Waals surface area contributed by atoms with Crippen molar-refractivity contribution in [2.24, 2.45) is 0 Å². The third-order valence-corrected chi connectivity index (χ3v) is 4.26. The topological polar surface area (TPSA) is 42.5 Å². The van der Waals surface area contributed by atoms with Gasteiger partial charge in [0, 0.05) is 6.07 Å². The summed E-state index contributed by atoms with van der Waals surface area (Å²) in [6.45, 7) is 6.31. The summed E-state index contributed by atoms with van der Waals surface area (Å²) in [4.78, 5) is 0. The Morgan fingerprint density at radius 2 is 1.75 bits per heavy atom. The summed E-state index contributed by atoms with van der Waals surface area (Å²) in [6.07, 6.45) is 0. The van der Waals surface area contributed by atoms with Gasteiger partial charge in [0.25, 0.3) is 0 Å². The Hall–Kier alpha value is -2.27.